The van der Waals surface area contributed by atoms with Crippen molar-refractivity contribution in [2.75, 3.05) is 26.0 Å². The van der Waals surface area contributed by atoms with Crippen LogP contribution in [0.3, 0.4) is 0 Å². The van der Waals surface area contributed by atoms with Crippen LogP contribution in [-0.4, -0.2) is 42.3 Å². The van der Waals surface area contributed by atoms with E-state index in [4.69, 9.17) is 9.84 Å². The fourth-order valence-corrected chi connectivity index (χ4v) is 2.94. The highest BCUT2D eigenvalue weighted by molar-refractivity contribution is 8.00. The molecule has 0 heterocycles. The summed E-state index contributed by atoms with van der Waals surface area (Å²) in [4.78, 5) is 12.4. The Labute approximate surface area is 124 Å². The first-order chi connectivity index (χ1) is 9.60. The van der Waals surface area contributed by atoms with Crippen molar-refractivity contribution in [2.45, 2.75) is 24.6 Å². The van der Waals surface area contributed by atoms with Crippen LogP contribution in [0.15, 0.2) is 30.3 Å². The Kier molecular flexibility index (Phi) is 7.05. The van der Waals surface area contributed by atoms with E-state index in [9.17, 15) is 4.79 Å². The van der Waals surface area contributed by atoms with Crippen LogP contribution >= 0.6 is 11.8 Å². The molecule has 1 rings (SSSR count). The molecule has 1 aromatic rings. The second-order valence-electron chi connectivity index (χ2n) is 4.55. The molecule has 5 heteroatoms. The van der Waals surface area contributed by atoms with Gasteiger partial charge in [0, 0.05) is 11.0 Å². The monoisotopic (exact) mass is 297 g/mol. The third-order valence-corrected chi connectivity index (χ3v) is 4.48. The van der Waals surface area contributed by atoms with Gasteiger partial charge in [0.15, 0.2) is 5.54 Å². The minimum Gasteiger partial charge on any atom is -0.464 e. The molecule has 0 saturated carbocycles. The van der Waals surface area contributed by atoms with Gasteiger partial charge in [-0.25, -0.2) is 4.79 Å². The van der Waals surface area contributed by atoms with Crippen molar-refractivity contribution in [1.82, 2.24) is 5.32 Å². The summed E-state index contributed by atoms with van der Waals surface area (Å²) in [6.07, 6.45) is 0. The lowest BCUT2D eigenvalue weighted by Gasteiger charge is -2.32. The Morgan fingerprint density at radius 2 is 2.10 bits per heavy atom. The molecule has 4 nitrogen and oxygen atoms in total. The molecule has 0 radical (unpaired) electrons. The highest BCUT2D eigenvalue weighted by atomic mass is 32.2. The molecule has 2 atom stereocenters. The first-order valence-corrected chi connectivity index (χ1v) is 7.79. The van der Waals surface area contributed by atoms with Crippen LogP contribution in [0.1, 0.15) is 19.4 Å². The Hall–Kier alpha value is -1.04. The summed E-state index contributed by atoms with van der Waals surface area (Å²) in [5.41, 5.74) is -0.00987. The number of nitrogens with one attached hydrogen (secondary N) is 1. The zero-order valence-corrected chi connectivity index (χ0v) is 13.1. The summed E-state index contributed by atoms with van der Waals surface area (Å²) in [5.74, 6) is 0.222. The van der Waals surface area contributed by atoms with Gasteiger partial charge in [-0.2, -0.15) is 11.8 Å². The van der Waals surface area contributed by atoms with E-state index in [1.807, 2.05) is 37.3 Å². The van der Waals surface area contributed by atoms with E-state index < -0.39 is 5.54 Å². The van der Waals surface area contributed by atoms with Crippen LogP contribution in [0.2, 0.25) is 0 Å². The van der Waals surface area contributed by atoms with E-state index in [1.165, 1.54) is 0 Å². The van der Waals surface area contributed by atoms with Gasteiger partial charge in [0.05, 0.1) is 13.2 Å². The van der Waals surface area contributed by atoms with Crippen LogP contribution in [-0.2, 0) is 15.1 Å². The second-order valence-corrected chi connectivity index (χ2v) is 5.97. The molecule has 0 saturated heterocycles. The molecule has 0 spiro atoms. The van der Waals surface area contributed by atoms with Crippen LogP contribution in [0.25, 0.3) is 0 Å². The fourth-order valence-electron chi connectivity index (χ4n) is 1.88. The SMILES string of the molecule is CCOC(=O)C(CSC(C)CO)(NC)c1ccccc1. The van der Waals surface area contributed by atoms with Gasteiger partial charge in [0.25, 0.3) is 0 Å². The third-order valence-electron chi connectivity index (χ3n) is 3.16. The number of hydrogen-bond acceptors (Lipinski definition) is 5. The van der Waals surface area contributed by atoms with Gasteiger partial charge in [-0.15, -0.1) is 0 Å². The highest BCUT2D eigenvalue weighted by Gasteiger charge is 2.40. The Balaban J connectivity index is 3.06. The topological polar surface area (TPSA) is 58.6 Å². The fraction of sp³-hybridized carbons (Fsp3) is 0.533. The van der Waals surface area contributed by atoms with Gasteiger partial charge in [-0.3, -0.25) is 0 Å². The lowest BCUT2D eigenvalue weighted by atomic mass is 9.92. The van der Waals surface area contributed by atoms with E-state index in [2.05, 4.69) is 5.32 Å². The Bertz CT molecular complexity index is 413. The minimum absolute atomic E-state index is 0.0702. The molecule has 2 N–H and O–H groups in total. The van der Waals surface area contributed by atoms with Crippen molar-refractivity contribution in [2.24, 2.45) is 0 Å². The van der Waals surface area contributed by atoms with Gasteiger partial charge >= 0.3 is 5.97 Å². The van der Waals surface area contributed by atoms with Crippen molar-refractivity contribution < 1.29 is 14.6 Å². The normalized spacial score (nSPS) is 15.4. The summed E-state index contributed by atoms with van der Waals surface area (Å²) in [7, 11) is 1.76. The van der Waals surface area contributed by atoms with Gasteiger partial charge in [-0.05, 0) is 19.5 Å². The molecule has 1 aromatic carbocycles. The van der Waals surface area contributed by atoms with Crippen molar-refractivity contribution in [1.29, 1.82) is 0 Å². The molecule has 0 bridgehead atoms. The second kappa shape index (κ2) is 8.29. The predicted octanol–water partition coefficient (Wildman–Crippen LogP) is 1.78. The molecule has 0 aromatic heterocycles. The number of carbonyl (C=O) groups excluding carboxylic acids is 1. The van der Waals surface area contributed by atoms with E-state index in [-0.39, 0.29) is 17.8 Å². The first-order valence-electron chi connectivity index (χ1n) is 6.74. The lowest BCUT2D eigenvalue weighted by molar-refractivity contribution is -0.150. The predicted molar refractivity (Wildman–Crippen MR) is 82.8 cm³/mol. The molecular formula is C15H23NO3S. The maximum atomic E-state index is 12.4. The zero-order valence-electron chi connectivity index (χ0n) is 12.3. The molecule has 0 amide bonds. The quantitative estimate of drug-likeness (QED) is 0.716. The van der Waals surface area contributed by atoms with Gasteiger partial charge in [-0.1, -0.05) is 37.3 Å². The lowest BCUT2D eigenvalue weighted by Crippen LogP contribution is -2.51. The number of aliphatic hydroxyl groups excluding tert-OH is 1. The largest absolute Gasteiger partial charge is 0.464 e. The molecule has 0 aliphatic carbocycles. The van der Waals surface area contributed by atoms with Crippen molar-refractivity contribution in [3.8, 4) is 0 Å². The molecule has 2 unspecified atom stereocenters. The summed E-state index contributed by atoms with van der Waals surface area (Å²) < 4.78 is 5.24. The zero-order chi connectivity index (χ0) is 15.0. The van der Waals surface area contributed by atoms with Gasteiger partial charge in [0.1, 0.15) is 0 Å². The summed E-state index contributed by atoms with van der Waals surface area (Å²) >= 11 is 1.54. The molecule has 0 fully saturated rings. The Morgan fingerprint density at radius 1 is 1.45 bits per heavy atom. The number of carbonyl (C=O) groups is 1. The minimum atomic E-state index is -0.884. The van der Waals surface area contributed by atoms with Crippen LogP contribution < -0.4 is 5.32 Å². The van der Waals surface area contributed by atoms with Crippen molar-refractivity contribution >= 4 is 17.7 Å². The maximum absolute atomic E-state index is 12.4. The number of aliphatic hydroxyl groups is 1. The number of rotatable bonds is 8. The number of likely N-dealkylation sites (N-methyl/N-ethyl adjacent to an activating group) is 1. The van der Waals surface area contributed by atoms with Crippen molar-refractivity contribution in [3.05, 3.63) is 35.9 Å². The number of thioether (sulfide) groups is 1. The number of esters is 1. The number of benzene rings is 1. The average molecular weight is 297 g/mol. The standard InChI is InChI=1S/C15H23NO3S/c1-4-19-14(18)15(16-3,11-20-12(2)10-17)13-8-6-5-7-9-13/h5-9,12,16-17H,4,10-11H2,1-3H3. The molecular weight excluding hydrogens is 274 g/mol. The summed E-state index contributed by atoms with van der Waals surface area (Å²) in [6, 6.07) is 9.55. The Morgan fingerprint density at radius 3 is 2.60 bits per heavy atom. The van der Waals surface area contributed by atoms with Crippen LogP contribution in [0.4, 0.5) is 0 Å². The summed E-state index contributed by atoms with van der Waals surface area (Å²) in [5, 5.41) is 12.3. The molecule has 0 aliphatic rings. The van der Waals surface area contributed by atoms with Crippen molar-refractivity contribution in [3.63, 3.8) is 0 Å². The maximum Gasteiger partial charge on any atom is 0.331 e. The molecule has 20 heavy (non-hydrogen) atoms. The van der Waals surface area contributed by atoms with Crippen LogP contribution in [0, 0.1) is 0 Å². The number of hydrogen-bond donors (Lipinski definition) is 2. The average Bonchev–Trinajstić information content (AvgIpc) is 2.49. The molecule has 112 valence electrons. The summed E-state index contributed by atoms with van der Waals surface area (Å²) in [6.45, 7) is 4.16. The van der Waals surface area contributed by atoms with Gasteiger partial charge in [0.2, 0.25) is 0 Å². The van der Waals surface area contributed by atoms with E-state index >= 15 is 0 Å². The highest BCUT2D eigenvalue weighted by Crippen LogP contribution is 2.29. The smallest absolute Gasteiger partial charge is 0.331 e. The van der Waals surface area contributed by atoms with E-state index in [0.29, 0.717) is 12.4 Å². The van der Waals surface area contributed by atoms with Gasteiger partial charge < -0.3 is 15.2 Å². The third kappa shape index (κ3) is 3.98. The molecule has 0 aliphatic heterocycles. The van der Waals surface area contributed by atoms with E-state index in [0.717, 1.165) is 5.56 Å². The van der Waals surface area contributed by atoms with E-state index in [1.54, 1.807) is 25.7 Å². The first kappa shape index (κ1) is 17.0. The number of ether oxygens (including phenoxy) is 1. The van der Waals surface area contributed by atoms with Crippen LogP contribution in [0.5, 0.6) is 0 Å².